The van der Waals surface area contributed by atoms with Gasteiger partial charge in [-0.05, 0) is 5.92 Å². The van der Waals surface area contributed by atoms with E-state index in [-0.39, 0.29) is 0 Å². The highest BCUT2D eigenvalue weighted by Crippen LogP contribution is 2.15. The first-order chi connectivity index (χ1) is 6.66. The number of aliphatic carboxylic acids is 1. The smallest absolute Gasteiger partial charge is 0.451 e. The third-order valence-electron chi connectivity index (χ3n) is 1.73. The van der Waals surface area contributed by atoms with Gasteiger partial charge in [0.15, 0.2) is 0 Å². The molecular formula is C8H12F3NO3. The second kappa shape index (κ2) is 5.11. The van der Waals surface area contributed by atoms with Crippen LogP contribution >= 0.6 is 0 Å². The van der Waals surface area contributed by atoms with Crippen LogP contribution in [0.4, 0.5) is 13.2 Å². The number of nitrogens with one attached hydrogen (secondary N) is 1. The Bertz CT molecular complexity index is 250. The summed E-state index contributed by atoms with van der Waals surface area (Å²) in [5.41, 5.74) is 0. The van der Waals surface area contributed by atoms with Crippen molar-refractivity contribution < 1.29 is 27.9 Å². The number of rotatable bonds is 5. The molecule has 2 N–H and O–H groups in total. The van der Waals surface area contributed by atoms with Crippen LogP contribution in [-0.2, 0) is 9.59 Å². The summed E-state index contributed by atoms with van der Waals surface area (Å²) >= 11 is 0. The van der Waals surface area contributed by atoms with Crippen LogP contribution in [0.3, 0.4) is 0 Å². The average molecular weight is 227 g/mol. The van der Waals surface area contributed by atoms with Crippen molar-refractivity contribution in [2.75, 3.05) is 6.54 Å². The summed E-state index contributed by atoms with van der Waals surface area (Å²) in [5.74, 6) is -3.65. The lowest BCUT2D eigenvalue weighted by Gasteiger charge is -2.17. The van der Waals surface area contributed by atoms with Crippen molar-refractivity contribution in [2.24, 2.45) is 5.92 Å². The highest BCUT2D eigenvalue weighted by atomic mass is 19.4. The fourth-order valence-corrected chi connectivity index (χ4v) is 0.911. The van der Waals surface area contributed by atoms with Crippen LogP contribution in [0.1, 0.15) is 13.8 Å². The number of carbonyl (C=O) groups is 2. The number of carboxylic acids is 1. The maximum atomic E-state index is 11.8. The van der Waals surface area contributed by atoms with Gasteiger partial charge in [-0.3, -0.25) is 14.9 Å². The number of Topliss-reactive ketones (excluding diaryl/α,β-unsaturated/α-hetero) is 1. The van der Waals surface area contributed by atoms with Crippen molar-refractivity contribution in [3.8, 4) is 0 Å². The van der Waals surface area contributed by atoms with E-state index >= 15 is 0 Å². The van der Waals surface area contributed by atoms with Gasteiger partial charge in [-0.1, -0.05) is 13.8 Å². The SMILES string of the molecule is CC(C)[C@@H](NCC(=O)C(F)(F)F)C(=O)O. The van der Waals surface area contributed by atoms with Crippen molar-refractivity contribution in [3.63, 3.8) is 0 Å². The standard InChI is InChI=1S/C8H12F3NO3/c1-4(2)6(7(14)15)12-3-5(13)8(9,10)11/h4,6,12H,3H2,1-2H3,(H,14,15)/t6-/m1/s1. The summed E-state index contributed by atoms with van der Waals surface area (Å²) in [4.78, 5) is 21.0. The molecule has 0 rings (SSSR count). The molecule has 0 radical (unpaired) electrons. The Kier molecular flexibility index (Phi) is 4.73. The second-order valence-corrected chi connectivity index (χ2v) is 3.36. The fraction of sp³-hybridized carbons (Fsp3) is 0.750. The molecule has 0 aromatic carbocycles. The normalized spacial score (nSPS) is 14.0. The quantitative estimate of drug-likeness (QED) is 0.729. The molecule has 0 saturated carbocycles. The molecule has 0 aliphatic carbocycles. The van der Waals surface area contributed by atoms with E-state index in [0.29, 0.717) is 0 Å². The van der Waals surface area contributed by atoms with Crippen molar-refractivity contribution >= 4 is 11.8 Å². The van der Waals surface area contributed by atoms with Crippen molar-refractivity contribution in [1.29, 1.82) is 0 Å². The van der Waals surface area contributed by atoms with Gasteiger partial charge in [-0.2, -0.15) is 13.2 Å². The van der Waals surface area contributed by atoms with E-state index in [2.05, 4.69) is 5.32 Å². The minimum absolute atomic E-state index is 0.400. The molecule has 1 atom stereocenters. The van der Waals surface area contributed by atoms with E-state index in [1.807, 2.05) is 0 Å². The molecule has 0 aromatic rings. The van der Waals surface area contributed by atoms with Crippen molar-refractivity contribution in [3.05, 3.63) is 0 Å². The van der Waals surface area contributed by atoms with Gasteiger partial charge in [-0.15, -0.1) is 0 Å². The zero-order valence-electron chi connectivity index (χ0n) is 8.26. The first-order valence-corrected chi connectivity index (χ1v) is 4.22. The zero-order chi connectivity index (χ0) is 12.2. The number of ketones is 1. The monoisotopic (exact) mass is 227 g/mol. The number of carboxylic acid groups (broad SMARTS) is 1. The number of halogens is 3. The molecule has 0 aliphatic heterocycles. The van der Waals surface area contributed by atoms with Crippen LogP contribution in [0, 0.1) is 5.92 Å². The van der Waals surface area contributed by atoms with Crippen molar-refractivity contribution in [1.82, 2.24) is 5.32 Å². The highest BCUT2D eigenvalue weighted by Gasteiger charge is 2.38. The predicted molar refractivity (Wildman–Crippen MR) is 45.3 cm³/mol. The van der Waals surface area contributed by atoms with Crippen LogP contribution in [0.2, 0.25) is 0 Å². The van der Waals surface area contributed by atoms with Crippen LogP contribution in [0.25, 0.3) is 0 Å². The van der Waals surface area contributed by atoms with Gasteiger partial charge in [0.05, 0.1) is 6.54 Å². The number of alkyl halides is 3. The Morgan fingerprint density at radius 1 is 1.33 bits per heavy atom. The maximum Gasteiger partial charge on any atom is 0.451 e. The molecule has 7 heteroatoms. The van der Waals surface area contributed by atoms with Crippen LogP contribution in [0.5, 0.6) is 0 Å². The zero-order valence-corrected chi connectivity index (χ0v) is 8.26. The predicted octanol–water partition coefficient (Wildman–Crippen LogP) is 0.817. The van der Waals surface area contributed by atoms with E-state index in [9.17, 15) is 22.8 Å². The molecule has 88 valence electrons. The molecule has 0 saturated heterocycles. The van der Waals surface area contributed by atoms with Gasteiger partial charge in [0.25, 0.3) is 0 Å². The van der Waals surface area contributed by atoms with Gasteiger partial charge in [-0.25, -0.2) is 0 Å². The third kappa shape index (κ3) is 4.78. The molecule has 4 nitrogen and oxygen atoms in total. The first kappa shape index (κ1) is 13.9. The summed E-state index contributed by atoms with van der Waals surface area (Å²) in [6.07, 6.45) is -4.92. The maximum absolute atomic E-state index is 11.8. The molecule has 0 heterocycles. The van der Waals surface area contributed by atoms with Crippen LogP contribution in [-0.4, -0.2) is 35.6 Å². The van der Waals surface area contributed by atoms with E-state index in [4.69, 9.17) is 5.11 Å². The Morgan fingerprint density at radius 3 is 2.07 bits per heavy atom. The topological polar surface area (TPSA) is 66.4 Å². The lowest BCUT2D eigenvalue weighted by Crippen LogP contribution is -2.45. The Hall–Kier alpha value is -1.11. The highest BCUT2D eigenvalue weighted by molar-refractivity contribution is 5.86. The van der Waals surface area contributed by atoms with Gasteiger partial charge in [0.2, 0.25) is 5.78 Å². The Morgan fingerprint density at radius 2 is 1.80 bits per heavy atom. The molecule has 0 unspecified atom stereocenters. The van der Waals surface area contributed by atoms with Gasteiger partial charge in [0, 0.05) is 0 Å². The number of hydrogen-bond donors (Lipinski definition) is 2. The minimum atomic E-state index is -4.92. The lowest BCUT2D eigenvalue weighted by atomic mass is 10.0. The molecule has 0 aliphatic rings. The molecule has 15 heavy (non-hydrogen) atoms. The number of carbonyl (C=O) groups excluding carboxylic acids is 1. The van der Waals surface area contributed by atoms with E-state index in [0.717, 1.165) is 0 Å². The van der Waals surface area contributed by atoms with Gasteiger partial charge in [0.1, 0.15) is 6.04 Å². The summed E-state index contributed by atoms with van der Waals surface area (Å²) in [6.45, 7) is 2.05. The van der Waals surface area contributed by atoms with E-state index < -0.39 is 36.4 Å². The van der Waals surface area contributed by atoms with Crippen molar-refractivity contribution in [2.45, 2.75) is 26.1 Å². The molecule has 0 spiro atoms. The van der Waals surface area contributed by atoms with E-state index in [1.165, 1.54) is 13.8 Å². The Balaban J connectivity index is 4.24. The molecule has 0 bridgehead atoms. The third-order valence-corrected chi connectivity index (χ3v) is 1.73. The average Bonchev–Trinajstić information content (AvgIpc) is 2.00. The second-order valence-electron chi connectivity index (χ2n) is 3.36. The summed E-state index contributed by atoms with van der Waals surface area (Å²) in [7, 11) is 0. The number of hydrogen-bond acceptors (Lipinski definition) is 3. The van der Waals surface area contributed by atoms with E-state index in [1.54, 1.807) is 0 Å². The molecule has 0 amide bonds. The fourth-order valence-electron chi connectivity index (χ4n) is 0.911. The minimum Gasteiger partial charge on any atom is -0.480 e. The molecule has 0 fully saturated rings. The largest absolute Gasteiger partial charge is 0.480 e. The summed E-state index contributed by atoms with van der Waals surface area (Å²) in [5, 5.41) is 10.7. The van der Waals surface area contributed by atoms with Gasteiger partial charge < -0.3 is 5.11 Å². The first-order valence-electron chi connectivity index (χ1n) is 4.22. The Labute approximate surface area is 84.5 Å². The lowest BCUT2D eigenvalue weighted by molar-refractivity contribution is -0.170. The summed E-state index contributed by atoms with van der Waals surface area (Å²) in [6, 6.07) is -1.16. The van der Waals surface area contributed by atoms with Crippen LogP contribution < -0.4 is 5.32 Å². The summed E-state index contributed by atoms with van der Waals surface area (Å²) < 4.78 is 35.3. The molecule has 0 aromatic heterocycles. The van der Waals surface area contributed by atoms with Crippen LogP contribution in [0.15, 0.2) is 0 Å². The van der Waals surface area contributed by atoms with Gasteiger partial charge >= 0.3 is 12.1 Å². The molecular weight excluding hydrogens is 215 g/mol.